The molecule has 1 aromatic heterocycles. The average molecular weight is 275 g/mol. The largest absolute Gasteiger partial charge is 0.481 e. The van der Waals surface area contributed by atoms with E-state index in [-0.39, 0.29) is 23.7 Å². The van der Waals surface area contributed by atoms with Gasteiger partial charge in [0.15, 0.2) is 0 Å². The molecule has 0 aliphatic heterocycles. The Hall–Kier alpha value is -1.63. The summed E-state index contributed by atoms with van der Waals surface area (Å²) in [6.45, 7) is 3.69. The summed E-state index contributed by atoms with van der Waals surface area (Å²) in [6.07, 6.45) is 0.476. The Morgan fingerprint density at radius 2 is 2.11 bits per heavy atom. The normalized spacial score (nSPS) is 11.1. The van der Waals surface area contributed by atoms with E-state index < -0.39 is 11.5 Å². The van der Waals surface area contributed by atoms with Crippen molar-refractivity contribution in [2.24, 2.45) is 0 Å². The molecule has 0 aliphatic rings. The molecule has 2 N–H and O–H groups in total. The van der Waals surface area contributed by atoms with Crippen molar-refractivity contribution in [1.29, 1.82) is 0 Å². The van der Waals surface area contributed by atoms with E-state index in [0.717, 1.165) is 0 Å². The fourth-order valence-corrected chi connectivity index (χ4v) is 1.42. The summed E-state index contributed by atoms with van der Waals surface area (Å²) in [4.78, 5) is 22.2. The lowest BCUT2D eigenvalue weighted by Gasteiger charge is -2.25. The lowest BCUT2D eigenvalue weighted by molar-refractivity contribution is -0.137. The molecule has 0 radical (unpaired) electrons. The fraction of sp³-hybridized carbons (Fsp3) is 0.600. The van der Waals surface area contributed by atoms with Gasteiger partial charge in [0.05, 0.1) is 7.11 Å². The molecular formula is C10H15ClN4O3. The molecule has 0 atom stereocenters. The van der Waals surface area contributed by atoms with Crippen molar-refractivity contribution >= 4 is 23.5 Å². The van der Waals surface area contributed by atoms with Crippen LogP contribution in [0, 0.1) is 0 Å². The standard InChI is InChI=1S/C10H15ClN4O3/c1-10(2,5-4-6(16)17)15-8-12-7(11)13-9(14-8)18-3/h4-5H2,1-3H3,(H,16,17)(H,12,13,14,15). The highest BCUT2D eigenvalue weighted by Gasteiger charge is 2.20. The molecule has 0 aromatic carbocycles. The molecule has 0 aliphatic carbocycles. The van der Waals surface area contributed by atoms with E-state index in [1.165, 1.54) is 7.11 Å². The van der Waals surface area contributed by atoms with E-state index in [9.17, 15) is 4.79 Å². The first-order valence-corrected chi connectivity index (χ1v) is 5.66. The van der Waals surface area contributed by atoms with Crippen molar-refractivity contribution in [2.75, 3.05) is 12.4 Å². The maximum absolute atomic E-state index is 10.5. The van der Waals surface area contributed by atoms with Crippen LogP contribution in [0.1, 0.15) is 26.7 Å². The molecule has 0 bridgehead atoms. The van der Waals surface area contributed by atoms with E-state index >= 15 is 0 Å². The van der Waals surface area contributed by atoms with Crippen LogP contribution in [0.2, 0.25) is 5.28 Å². The number of carbonyl (C=O) groups is 1. The van der Waals surface area contributed by atoms with Crippen LogP contribution in [0.15, 0.2) is 0 Å². The molecule has 1 heterocycles. The number of carboxylic acid groups (broad SMARTS) is 1. The number of nitrogens with zero attached hydrogens (tertiary/aromatic N) is 3. The van der Waals surface area contributed by atoms with Crippen molar-refractivity contribution in [2.45, 2.75) is 32.2 Å². The van der Waals surface area contributed by atoms with Crippen LogP contribution in [0.3, 0.4) is 0 Å². The molecule has 0 amide bonds. The topological polar surface area (TPSA) is 97.2 Å². The predicted octanol–water partition coefficient (Wildman–Crippen LogP) is 1.59. The van der Waals surface area contributed by atoms with Gasteiger partial charge in [0, 0.05) is 12.0 Å². The highest BCUT2D eigenvalue weighted by molar-refractivity contribution is 6.28. The third-order valence-corrected chi connectivity index (χ3v) is 2.35. The van der Waals surface area contributed by atoms with E-state index in [1.54, 1.807) is 0 Å². The van der Waals surface area contributed by atoms with Gasteiger partial charge in [-0.25, -0.2) is 0 Å². The van der Waals surface area contributed by atoms with Crippen LogP contribution >= 0.6 is 11.6 Å². The number of hydrogen-bond donors (Lipinski definition) is 2. The molecule has 1 rings (SSSR count). The number of halogens is 1. The average Bonchev–Trinajstić information content (AvgIpc) is 2.25. The Bertz CT molecular complexity index is 439. The summed E-state index contributed by atoms with van der Waals surface area (Å²) in [5.41, 5.74) is -0.478. The van der Waals surface area contributed by atoms with Crippen molar-refractivity contribution in [3.63, 3.8) is 0 Å². The number of hydrogen-bond acceptors (Lipinski definition) is 6. The van der Waals surface area contributed by atoms with Gasteiger partial charge in [0.2, 0.25) is 11.2 Å². The number of aliphatic carboxylic acids is 1. The smallest absolute Gasteiger partial charge is 0.322 e. The second-order valence-corrected chi connectivity index (χ2v) is 4.66. The van der Waals surface area contributed by atoms with Gasteiger partial charge in [-0.05, 0) is 31.9 Å². The summed E-state index contributed by atoms with van der Waals surface area (Å²) in [7, 11) is 1.42. The Labute approximate surface area is 110 Å². The van der Waals surface area contributed by atoms with E-state index in [1.807, 2.05) is 13.8 Å². The first-order chi connectivity index (χ1) is 8.32. The molecule has 100 valence electrons. The summed E-state index contributed by atoms with van der Waals surface area (Å²) in [5.74, 6) is -0.599. The number of rotatable bonds is 6. The second-order valence-electron chi connectivity index (χ2n) is 4.32. The highest BCUT2D eigenvalue weighted by Crippen LogP contribution is 2.19. The lowest BCUT2D eigenvalue weighted by Crippen LogP contribution is -2.32. The zero-order valence-corrected chi connectivity index (χ0v) is 11.2. The molecular weight excluding hydrogens is 260 g/mol. The predicted molar refractivity (Wildman–Crippen MR) is 66.0 cm³/mol. The molecule has 0 unspecified atom stereocenters. The van der Waals surface area contributed by atoms with Gasteiger partial charge in [0.25, 0.3) is 0 Å². The van der Waals surface area contributed by atoms with Gasteiger partial charge in [-0.1, -0.05) is 0 Å². The lowest BCUT2D eigenvalue weighted by atomic mass is 9.99. The van der Waals surface area contributed by atoms with E-state index in [0.29, 0.717) is 6.42 Å². The Morgan fingerprint density at radius 3 is 2.67 bits per heavy atom. The van der Waals surface area contributed by atoms with Crippen LogP contribution in [0.5, 0.6) is 6.01 Å². The monoisotopic (exact) mass is 274 g/mol. The number of anilines is 1. The highest BCUT2D eigenvalue weighted by atomic mass is 35.5. The van der Waals surface area contributed by atoms with Gasteiger partial charge < -0.3 is 15.2 Å². The van der Waals surface area contributed by atoms with Gasteiger partial charge in [0.1, 0.15) is 0 Å². The summed E-state index contributed by atoms with van der Waals surface area (Å²) < 4.78 is 4.87. The molecule has 0 saturated carbocycles. The van der Waals surface area contributed by atoms with Crippen molar-refractivity contribution in [1.82, 2.24) is 15.0 Å². The molecule has 0 saturated heterocycles. The van der Waals surface area contributed by atoms with Gasteiger partial charge in [-0.3, -0.25) is 4.79 Å². The van der Waals surface area contributed by atoms with Crippen LogP contribution in [-0.2, 0) is 4.79 Å². The second kappa shape index (κ2) is 5.81. The van der Waals surface area contributed by atoms with Crippen molar-refractivity contribution in [3.05, 3.63) is 5.28 Å². The van der Waals surface area contributed by atoms with Crippen LogP contribution in [0.4, 0.5) is 5.95 Å². The third-order valence-electron chi connectivity index (χ3n) is 2.18. The first-order valence-electron chi connectivity index (χ1n) is 5.28. The molecule has 18 heavy (non-hydrogen) atoms. The van der Waals surface area contributed by atoms with E-state index in [2.05, 4.69) is 20.3 Å². The number of carboxylic acids is 1. The number of ether oxygens (including phenoxy) is 1. The van der Waals surface area contributed by atoms with Crippen LogP contribution < -0.4 is 10.1 Å². The molecule has 8 heteroatoms. The minimum Gasteiger partial charge on any atom is -0.481 e. The van der Waals surface area contributed by atoms with Crippen molar-refractivity contribution < 1.29 is 14.6 Å². The van der Waals surface area contributed by atoms with Gasteiger partial charge >= 0.3 is 12.0 Å². The molecule has 7 nitrogen and oxygen atoms in total. The van der Waals surface area contributed by atoms with Gasteiger partial charge in [-0.2, -0.15) is 15.0 Å². The Morgan fingerprint density at radius 1 is 1.44 bits per heavy atom. The molecule has 1 aromatic rings. The fourth-order valence-electron chi connectivity index (χ4n) is 1.26. The minimum atomic E-state index is -0.851. The quantitative estimate of drug-likeness (QED) is 0.813. The Balaban J connectivity index is 2.76. The molecule has 0 fully saturated rings. The molecule has 0 spiro atoms. The number of nitrogens with one attached hydrogen (secondary N) is 1. The summed E-state index contributed by atoms with van der Waals surface area (Å²) >= 11 is 5.71. The maximum Gasteiger partial charge on any atom is 0.322 e. The SMILES string of the molecule is COc1nc(Cl)nc(NC(C)(C)CCC(=O)O)n1. The minimum absolute atomic E-state index is 0.0124. The van der Waals surface area contributed by atoms with Crippen molar-refractivity contribution in [3.8, 4) is 6.01 Å². The summed E-state index contributed by atoms with van der Waals surface area (Å²) in [5, 5.41) is 11.7. The maximum atomic E-state index is 10.5. The van der Waals surface area contributed by atoms with Gasteiger partial charge in [-0.15, -0.1) is 0 Å². The zero-order valence-electron chi connectivity index (χ0n) is 10.4. The number of aromatic nitrogens is 3. The zero-order chi connectivity index (χ0) is 13.8. The Kier molecular flexibility index (Phi) is 4.66. The number of methoxy groups -OCH3 is 1. The summed E-state index contributed by atoms with van der Waals surface area (Å²) in [6, 6.07) is 0.103. The third kappa shape index (κ3) is 4.70. The van der Waals surface area contributed by atoms with Crippen LogP contribution in [-0.4, -0.2) is 38.7 Å². The van der Waals surface area contributed by atoms with Crippen LogP contribution in [0.25, 0.3) is 0 Å². The first kappa shape index (κ1) is 14.4. The van der Waals surface area contributed by atoms with E-state index in [4.69, 9.17) is 21.4 Å².